The summed E-state index contributed by atoms with van der Waals surface area (Å²) >= 11 is 0. The van der Waals surface area contributed by atoms with E-state index in [2.05, 4.69) is 14.8 Å². The van der Waals surface area contributed by atoms with E-state index in [1.165, 1.54) is 31.2 Å². The summed E-state index contributed by atoms with van der Waals surface area (Å²) in [5, 5.41) is 2.71. The molecule has 0 heterocycles. The van der Waals surface area contributed by atoms with Gasteiger partial charge in [0.05, 0.1) is 16.3 Å². The fourth-order valence-corrected chi connectivity index (χ4v) is 4.75. The Labute approximate surface area is 194 Å². The summed E-state index contributed by atoms with van der Waals surface area (Å²) in [6.07, 6.45) is 0. The van der Waals surface area contributed by atoms with E-state index in [0.717, 1.165) is 5.56 Å². The zero-order valence-electron chi connectivity index (χ0n) is 18.4. The second kappa shape index (κ2) is 9.63. The molecule has 0 radical (unpaired) electrons. The molecule has 33 heavy (non-hydrogen) atoms. The molecule has 0 aliphatic rings. The van der Waals surface area contributed by atoms with Crippen LogP contribution in [0.2, 0.25) is 0 Å². The van der Waals surface area contributed by atoms with Crippen molar-refractivity contribution in [3.05, 3.63) is 83.4 Å². The molecule has 0 spiro atoms. The molecule has 0 saturated heterocycles. The number of carbonyl (C=O) groups is 1. The van der Waals surface area contributed by atoms with E-state index >= 15 is 0 Å². The second-order valence-electron chi connectivity index (χ2n) is 7.49. The third kappa shape index (κ3) is 6.33. The van der Waals surface area contributed by atoms with Crippen LogP contribution in [-0.2, 0) is 20.0 Å². The number of hydrogen-bond donors (Lipinski definition) is 3. The van der Waals surface area contributed by atoms with Crippen LogP contribution in [0.4, 0.5) is 17.1 Å². The van der Waals surface area contributed by atoms with Crippen molar-refractivity contribution in [1.29, 1.82) is 0 Å². The van der Waals surface area contributed by atoms with E-state index in [0.29, 0.717) is 22.6 Å². The van der Waals surface area contributed by atoms with E-state index in [9.17, 15) is 21.6 Å². The van der Waals surface area contributed by atoms with Crippen LogP contribution in [0, 0.1) is 13.8 Å². The van der Waals surface area contributed by atoms with Gasteiger partial charge in [0.1, 0.15) is 0 Å². The van der Waals surface area contributed by atoms with Crippen LogP contribution < -0.4 is 14.8 Å². The third-order valence-electron chi connectivity index (χ3n) is 4.84. The summed E-state index contributed by atoms with van der Waals surface area (Å²) in [7, 11) is -7.30. The quantitative estimate of drug-likeness (QED) is 0.441. The minimum absolute atomic E-state index is 0.0452. The highest BCUT2D eigenvalue weighted by Gasteiger charge is 2.17. The molecule has 0 aliphatic heterocycles. The van der Waals surface area contributed by atoms with Gasteiger partial charge in [-0.2, -0.15) is 0 Å². The van der Waals surface area contributed by atoms with Crippen molar-refractivity contribution in [3.63, 3.8) is 0 Å². The van der Waals surface area contributed by atoms with Crippen molar-refractivity contribution < 1.29 is 21.6 Å². The first-order valence-corrected chi connectivity index (χ1v) is 13.2. The van der Waals surface area contributed by atoms with Crippen LogP contribution >= 0.6 is 0 Å². The average Bonchev–Trinajstić information content (AvgIpc) is 2.77. The minimum atomic E-state index is -3.88. The van der Waals surface area contributed by atoms with Crippen molar-refractivity contribution in [3.8, 4) is 0 Å². The van der Waals surface area contributed by atoms with E-state index in [4.69, 9.17) is 0 Å². The molecule has 3 aromatic carbocycles. The summed E-state index contributed by atoms with van der Waals surface area (Å²) in [5.41, 5.74) is 3.08. The maximum atomic E-state index is 12.7. The normalized spacial score (nSPS) is 11.6. The van der Waals surface area contributed by atoms with Crippen LogP contribution in [0.15, 0.2) is 71.6 Å². The van der Waals surface area contributed by atoms with Crippen LogP contribution in [0.25, 0.3) is 0 Å². The third-order valence-corrected chi connectivity index (χ3v) is 7.51. The molecule has 0 atom stereocenters. The highest BCUT2D eigenvalue weighted by Crippen LogP contribution is 2.22. The number of benzene rings is 3. The van der Waals surface area contributed by atoms with Crippen LogP contribution in [0.1, 0.15) is 28.4 Å². The molecule has 10 heteroatoms. The van der Waals surface area contributed by atoms with Crippen molar-refractivity contribution in [2.75, 3.05) is 20.5 Å². The number of sulfonamides is 2. The Bertz CT molecular complexity index is 1380. The molecule has 3 rings (SSSR count). The lowest BCUT2D eigenvalue weighted by Gasteiger charge is -2.12. The molecule has 174 valence electrons. The zero-order valence-corrected chi connectivity index (χ0v) is 20.0. The number of rotatable bonds is 8. The van der Waals surface area contributed by atoms with E-state index < -0.39 is 26.0 Å². The van der Waals surface area contributed by atoms with Crippen LogP contribution in [0.3, 0.4) is 0 Å². The van der Waals surface area contributed by atoms with E-state index in [-0.39, 0.29) is 16.2 Å². The minimum Gasteiger partial charge on any atom is -0.322 e. The first kappa shape index (κ1) is 24.3. The summed E-state index contributed by atoms with van der Waals surface area (Å²) in [6, 6.07) is 17.4. The predicted octanol–water partition coefficient (Wildman–Crippen LogP) is 4.12. The summed E-state index contributed by atoms with van der Waals surface area (Å²) in [6.45, 7) is 5.16. The summed E-state index contributed by atoms with van der Waals surface area (Å²) < 4.78 is 54.0. The topological polar surface area (TPSA) is 121 Å². The molecule has 8 nitrogen and oxygen atoms in total. The number of carbonyl (C=O) groups excluding carboxylic acids is 1. The van der Waals surface area contributed by atoms with Crippen molar-refractivity contribution in [2.24, 2.45) is 0 Å². The Balaban J connectivity index is 1.77. The lowest BCUT2D eigenvalue weighted by molar-refractivity contribution is 0.102. The Hall–Kier alpha value is -3.37. The monoisotopic (exact) mass is 487 g/mol. The molecule has 0 aliphatic carbocycles. The van der Waals surface area contributed by atoms with Gasteiger partial charge in [-0.1, -0.05) is 23.8 Å². The molecular formula is C23H25N3O5S2. The largest absolute Gasteiger partial charge is 0.322 e. The van der Waals surface area contributed by atoms with E-state index in [1.807, 2.05) is 6.92 Å². The zero-order chi connectivity index (χ0) is 24.2. The van der Waals surface area contributed by atoms with Gasteiger partial charge in [-0.15, -0.1) is 0 Å². The maximum absolute atomic E-state index is 12.7. The van der Waals surface area contributed by atoms with Crippen LogP contribution in [-0.4, -0.2) is 28.5 Å². The molecule has 0 unspecified atom stereocenters. The summed E-state index contributed by atoms with van der Waals surface area (Å²) in [5.74, 6) is -0.549. The van der Waals surface area contributed by atoms with E-state index in [1.54, 1.807) is 49.4 Å². The first-order valence-electron chi connectivity index (χ1n) is 10.1. The van der Waals surface area contributed by atoms with Gasteiger partial charge in [0.2, 0.25) is 10.0 Å². The number of amides is 1. The van der Waals surface area contributed by atoms with Crippen LogP contribution in [0.5, 0.6) is 0 Å². The Morgan fingerprint density at radius 2 is 1.48 bits per heavy atom. The Morgan fingerprint density at radius 1 is 0.818 bits per heavy atom. The fourth-order valence-electron chi connectivity index (χ4n) is 2.94. The molecule has 1 amide bonds. The smallest absolute Gasteiger partial charge is 0.261 e. The Morgan fingerprint density at radius 3 is 2.12 bits per heavy atom. The highest BCUT2D eigenvalue weighted by molar-refractivity contribution is 7.93. The van der Waals surface area contributed by atoms with Gasteiger partial charge in [-0.05, 0) is 74.9 Å². The van der Waals surface area contributed by atoms with Crippen molar-refractivity contribution >= 4 is 43.0 Å². The van der Waals surface area contributed by atoms with Gasteiger partial charge in [-0.3, -0.25) is 14.2 Å². The molecular weight excluding hydrogens is 462 g/mol. The second-order valence-corrected chi connectivity index (χ2v) is 11.2. The summed E-state index contributed by atoms with van der Waals surface area (Å²) in [4.78, 5) is 12.7. The molecule has 3 N–H and O–H groups in total. The number of hydrogen-bond acceptors (Lipinski definition) is 5. The van der Waals surface area contributed by atoms with Gasteiger partial charge >= 0.3 is 0 Å². The van der Waals surface area contributed by atoms with Gasteiger partial charge in [0.15, 0.2) is 0 Å². The maximum Gasteiger partial charge on any atom is 0.261 e. The lowest BCUT2D eigenvalue weighted by atomic mass is 10.1. The van der Waals surface area contributed by atoms with Gasteiger partial charge < -0.3 is 5.32 Å². The van der Waals surface area contributed by atoms with Gasteiger partial charge in [-0.25, -0.2) is 16.8 Å². The van der Waals surface area contributed by atoms with Crippen molar-refractivity contribution in [1.82, 2.24) is 0 Å². The predicted molar refractivity (Wildman–Crippen MR) is 131 cm³/mol. The number of aryl methyl sites for hydroxylation is 2. The van der Waals surface area contributed by atoms with Gasteiger partial charge in [0, 0.05) is 16.9 Å². The molecule has 0 saturated carbocycles. The highest BCUT2D eigenvalue weighted by atomic mass is 32.2. The fraction of sp³-hybridized carbons (Fsp3) is 0.174. The first-order chi connectivity index (χ1) is 15.5. The molecule has 3 aromatic rings. The average molecular weight is 488 g/mol. The molecule has 0 bridgehead atoms. The lowest BCUT2D eigenvalue weighted by Crippen LogP contribution is -2.17. The number of anilines is 3. The standard InChI is InChI=1S/C23H25N3O5S2/c1-4-32(28,29)26-22-13-12-20(14-17(22)3)24-23(27)18-6-5-7-21(15-18)33(30,31)25-19-10-8-16(2)9-11-19/h5-15,25-26H,4H2,1-3H3,(H,24,27). The van der Waals surface area contributed by atoms with Crippen molar-refractivity contribution in [2.45, 2.75) is 25.7 Å². The Kier molecular flexibility index (Phi) is 7.09. The SMILES string of the molecule is CCS(=O)(=O)Nc1ccc(NC(=O)c2cccc(S(=O)(=O)Nc3ccc(C)cc3)c2)cc1C. The molecule has 0 fully saturated rings. The van der Waals surface area contributed by atoms with Gasteiger partial charge in [0.25, 0.3) is 15.9 Å². The molecule has 0 aromatic heterocycles. The number of nitrogens with one attached hydrogen (secondary N) is 3.